The second-order valence-corrected chi connectivity index (χ2v) is 5.75. The van der Waals surface area contributed by atoms with Gasteiger partial charge in [0.1, 0.15) is 11.5 Å². The number of hydrogen-bond acceptors (Lipinski definition) is 5. The first-order valence-corrected chi connectivity index (χ1v) is 8.40. The monoisotopic (exact) mass is 377 g/mol. The first kappa shape index (κ1) is 19.6. The van der Waals surface area contributed by atoms with Gasteiger partial charge in [-0.3, -0.25) is 4.79 Å². The first-order valence-electron chi connectivity index (χ1n) is 8.02. The lowest BCUT2D eigenvalue weighted by Gasteiger charge is -2.16. The topological polar surface area (TPSA) is 73.9 Å². The van der Waals surface area contributed by atoms with E-state index >= 15 is 0 Å². The average molecular weight is 378 g/mol. The normalized spacial score (nSPS) is 11.4. The van der Waals surface area contributed by atoms with E-state index in [9.17, 15) is 9.59 Å². The smallest absolute Gasteiger partial charge is 0.338 e. The van der Waals surface area contributed by atoms with Crippen molar-refractivity contribution in [1.29, 1.82) is 0 Å². The van der Waals surface area contributed by atoms with E-state index in [2.05, 4.69) is 5.32 Å². The number of hydrogen-bond donors (Lipinski definition) is 1. The van der Waals surface area contributed by atoms with Gasteiger partial charge in [-0.25, -0.2) is 4.79 Å². The zero-order valence-electron chi connectivity index (χ0n) is 14.7. The highest BCUT2D eigenvalue weighted by Gasteiger charge is 2.17. The lowest BCUT2D eigenvalue weighted by molar-refractivity contribution is -0.122. The van der Waals surface area contributed by atoms with Crippen molar-refractivity contribution in [2.75, 3.05) is 19.0 Å². The molecule has 0 saturated heterocycles. The first-order chi connectivity index (χ1) is 12.4. The molecule has 0 unspecified atom stereocenters. The van der Waals surface area contributed by atoms with Gasteiger partial charge in [0.25, 0.3) is 5.91 Å². The number of ether oxygens (including phenoxy) is 3. The van der Waals surface area contributed by atoms with Crippen LogP contribution < -0.4 is 14.8 Å². The zero-order chi connectivity index (χ0) is 19.1. The minimum atomic E-state index is -0.746. The highest BCUT2D eigenvalue weighted by Crippen LogP contribution is 2.24. The van der Waals surface area contributed by atoms with Crippen molar-refractivity contribution in [2.45, 2.75) is 20.0 Å². The Hall–Kier alpha value is -2.73. The minimum absolute atomic E-state index is 0.237. The number of halogens is 1. The number of rotatable bonds is 7. The van der Waals surface area contributed by atoms with Gasteiger partial charge in [-0.05, 0) is 56.3 Å². The van der Waals surface area contributed by atoms with Crippen LogP contribution in [-0.2, 0) is 9.53 Å². The summed E-state index contributed by atoms with van der Waals surface area (Å²) >= 11 is 6.14. The predicted molar refractivity (Wildman–Crippen MR) is 99.1 cm³/mol. The predicted octanol–water partition coefficient (Wildman–Crippen LogP) is 3.93. The van der Waals surface area contributed by atoms with Crippen molar-refractivity contribution in [3.63, 3.8) is 0 Å². The summed E-state index contributed by atoms with van der Waals surface area (Å²) < 4.78 is 15.6. The molecule has 2 rings (SSSR count). The van der Waals surface area contributed by atoms with Crippen LogP contribution >= 0.6 is 11.6 Å². The molecule has 0 bridgehead atoms. The summed E-state index contributed by atoms with van der Waals surface area (Å²) in [6.07, 6.45) is -0.746. The maximum absolute atomic E-state index is 12.3. The van der Waals surface area contributed by atoms with Gasteiger partial charge in [-0.2, -0.15) is 0 Å². The number of amides is 1. The summed E-state index contributed by atoms with van der Waals surface area (Å²) in [5.41, 5.74) is 0.701. The van der Waals surface area contributed by atoms with E-state index in [1.807, 2.05) is 0 Å². The van der Waals surface area contributed by atoms with Crippen molar-refractivity contribution in [3.05, 3.63) is 53.1 Å². The summed E-state index contributed by atoms with van der Waals surface area (Å²) in [5, 5.41) is 2.91. The standard InChI is InChI=1S/C19H20ClNO5/c1-4-25-19(23)13-5-10-17(16(20)11-13)21-18(22)12(2)26-15-8-6-14(24-3)7-9-15/h5-12H,4H2,1-3H3,(H,21,22)/t12-/m0/s1. The molecule has 6 nitrogen and oxygen atoms in total. The third-order valence-electron chi connectivity index (χ3n) is 3.48. The van der Waals surface area contributed by atoms with Gasteiger partial charge >= 0.3 is 5.97 Å². The summed E-state index contributed by atoms with van der Waals surface area (Å²) in [4.78, 5) is 24.0. The van der Waals surface area contributed by atoms with Gasteiger partial charge in [-0.1, -0.05) is 11.6 Å². The molecule has 0 aliphatic rings. The van der Waals surface area contributed by atoms with E-state index in [1.54, 1.807) is 51.3 Å². The van der Waals surface area contributed by atoms with Gasteiger partial charge in [-0.15, -0.1) is 0 Å². The molecule has 0 heterocycles. The van der Waals surface area contributed by atoms with Crippen LogP contribution in [0, 0.1) is 0 Å². The maximum atomic E-state index is 12.3. The Balaban J connectivity index is 2.00. The number of nitrogens with one attached hydrogen (secondary N) is 1. The van der Waals surface area contributed by atoms with Crippen molar-refractivity contribution in [3.8, 4) is 11.5 Å². The molecule has 2 aromatic carbocycles. The largest absolute Gasteiger partial charge is 0.497 e. The van der Waals surface area contributed by atoms with Crippen molar-refractivity contribution >= 4 is 29.2 Å². The molecule has 138 valence electrons. The second kappa shape index (κ2) is 9.10. The minimum Gasteiger partial charge on any atom is -0.497 e. The van der Waals surface area contributed by atoms with Crippen LogP contribution in [0.1, 0.15) is 24.2 Å². The molecular formula is C19H20ClNO5. The summed E-state index contributed by atoms with van der Waals surface area (Å²) in [7, 11) is 1.57. The number of carbonyl (C=O) groups excluding carboxylic acids is 2. The number of carbonyl (C=O) groups is 2. The molecule has 0 fully saturated rings. The van der Waals surface area contributed by atoms with Crippen LogP contribution in [0.15, 0.2) is 42.5 Å². The lowest BCUT2D eigenvalue weighted by atomic mass is 10.2. The Kier molecular flexibility index (Phi) is 6.86. The Morgan fingerprint density at radius 3 is 2.35 bits per heavy atom. The molecule has 7 heteroatoms. The lowest BCUT2D eigenvalue weighted by Crippen LogP contribution is -2.30. The van der Waals surface area contributed by atoms with Crippen LogP contribution in [-0.4, -0.2) is 31.7 Å². The summed E-state index contributed by atoms with van der Waals surface area (Å²) in [6, 6.07) is 11.4. The number of methoxy groups -OCH3 is 1. The molecule has 0 spiro atoms. The Morgan fingerprint density at radius 2 is 1.77 bits per heavy atom. The van der Waals surface area contributed by atoms with Crippen molar-refractivity contribution in [2.24, 2.45) is 0 Å². The van der Waals surface area contributed by atoms with Crippen LogP contribution in [0.5, 0.6) is 11.5 Å². The fourth-order valence-electron chi connectivity index (χ4n) is 2.10. The van der Waals surface area contributed by atoms with Gasteiger partial charge in [0.2, 0.25) is 0 Å². The molecule has 0 aromatic heterocycles. The van der Waals surface area contributed by atoms with E-state index in [-0.39, 0.29) is 17.5 Å². The van der Waals surface area contributed by atoms with Crippen LogP contribution in [0.25, 0.3) is 0 Å². The van der Waals surface area contributed by atoms with E-state index < -0.39 is 12.1 Å². The zero-order valence-corrected chi connectivity index (χ0v) is 15.5. The van der Waals surface area contributed by atoms with Crippen LogP contribution in [0.4, 0.5) is 5.69 Å². The molecule has 0 aliphatic heterocycles. The third kappa shape index (κ3) is 5.13. The number of benzene rings is 2. The SMILES string of the molecule is CCOC(=O)c1ccc(NC(=O)[C@H](C)Oc2ccc(OC)cc2)c(Cl)c1. The molecule has 26 heavy (non-hydrogen) atoms. The molecule has 1 amide bonds. The average Bonchev–Trinajstić information content (AvgIpc) is 2.64. The number of anilines is 1. The molecule has 1 N–H and O–H groups in total. The van der Waals surface area contributed by atoms with Gasteiger partial charge in [0.05, 0.1) is 30.0 Å². The van der Waals surface area contributed by atoms with E-state index in [0.717, 1.165) is 0 Å². The van der Waals surface area contributed by atoms with Crippen molar-refractivity contribution in [1.82, 2.24) is 0 Å². The van der Waals surface area contributed by atoms with Gasteiger partial charge in [0, 0.05) is 0 Å². The molecule has 1 atom stereocenters. The Labute approximate surface area is 157 Å². The molecule has 0 radical (unpaired) electrons. The highest BCUT2D eigenvalue weighted by molar-refractivity contribution is 6.34. The fourth-order valence-corrected chi connectivity index (χ4v) is 2.33. The summed E-state index contributed by atoms with van der Waals surface area (Å²) in [5.74, 6) is 0.398. The highest BCUT2D eigenvalue weighted by atomic mass is 35.5. The third-order valence-corrected chi connectivity index (χ3v) is 3.79. The van der Waals surface area contributed by atoms with Crippen molar-refractivity contribution < 1.29 is 23.8 Å². The Bertz CT molecular complexity index is 776. The van der Waals surface area contributed by atoms with Gasteiger partial charge < -0.3 is 19.5 Å². The summed E-state index contributed by atoms with van der Waals surface area (Å²) in [6.45, 7) is 3.62. The maximum Gasteiger partial charge on any atom is 0.338 e. The van der Waals surface area contributed by atoms with E-state index in [4.69, 9.17) is 25.8 Å². The van der Waals surface area contributed by atoms with Gasteiger partial charge in [0.15, 0.2) is 6.10 Å². The quantitative estimate of drug-likeness (QED) is 0.740. The molecule has 2 aromatic rings. The molecule has 0 aliphatic carbocycles. The second-order valence-electron chi connectivity index (χ2n) is 5.34. The van der Waals surface area contributed by atoms with Crippen LogP contribution in [0.2, 0.25) is 5.02 Å². The molecular weight excluding hydrogens is 358 g/mol. The number of esters is 1. The van der Waals surface area contributed by atoms with E-state index in [1.165, 1.54) is 12.1 Å². The van der Waals surface area contributed by atoms with E-state index in [0.29, 0.717) is 22.7 Å². The fraction of sp³-hybridized carbons (Fsp3) is 0.263. The van der Waals surface area contributed by atoms with Crippen LogP contribution in [0.3, 0.4) is 0 Å². The molecule has 0 saturated carbocycles. The Morgan fingerprint density at radius 1 is 1.12 bits per heavy atom.